The number of nitrogens with zero attached hydrogens (tertiary/aromatic N) is 5. The molecule has 7 nitrogen and oxygen atoms in total. The van der Waals surface area contributed by atoms with Crippen molar-refractivity contribution in [3.63, 3.8) is 0 Å². The molecule has 0 unspecified atom stereocenters. The summed E-state index contributed by atoms with van der Waals surface area (Å²) in [6.07, 6.45) is -3.01. The lowest BCUT2D eigenvalue weighted by molar-refractivity contribution is 0.144. The van der Waals surface area contributed by atoms with Crippen LogP contribution in [0.3, 0.4) is 0 Å². The summed E-state index contributed by atoms with van der Waals surface area (Å²) < 4.78 is 49.3. The van der Waals surface area contributed by atoms with Crippen molar-refractivity contribution in [2.75, 3.05) is 25.1 Å². The van der Waals surface area contributed by atoms with Gasteiger partial charge in [0.05, 0.1) is 12.6 Å². The van der Waals surface area contributed by atoms with Gasteiger partial charge in [-0.15, -0.1) is 4.98 Å². The molecule has 0 spiro atoms. The van der Waals surface area contributed by atoms with Crippen LogP contribution in [0, 0.1) is 12.4 Å². The van der Waals surface area contributed by atoms with Gasteiger partial charge in [0.2, 0.25) is 5.52 Å². The van der Waals surface area contributed by atoms with Crippen LogP contribution in [-0.4, -0.2) is 46.7 Å². The zero-order chi connectivity index (χ0) is 25.4. The Kier molecular flexibility index (Phi) is 6.72. The lowest BCUT2D eigenvalue weighted by atomic mass is 10.0. The smallest absolute Gasteiger partial charge is 0.271 e. The van der Waals surface area contributed by atoms with Gasteiger partial charge in [-0.1, -0.05) is 12.6 Å². The van der Waals surface area contributed by atoms with Crippen LogP contribution in [0.15, 0.2) is 35.1 Å². The summed E-state index contributed by atoms with van der Waals surface area (Å²) in [4.78, 5) is 24.4. The summed E-state index contributed by atoms with van der Waals surface area (Å²) in [6, 6.07) is 7.32. The van der Waals surface area contributed by atoms with Crippen LogP contribution in [-0.2, 0) is 13.6 Å². The largest absolute Gasteiger partial charge is 0.497 e. The Morgan fingerprint density at radius 2 is 1.94 bits per heavy atom. The highest BCUT2D eigenvalue weighted by Gasteiger charge is 2.36. The second kappa shape index (κ2) is 9.58. The molecule has 0 N–H and O–H groups in total. The molecule has 184 valence electrons. The van der Waals surface area contributed by atoms with Crippen LogP contribution in [0.25, 0.3) is 15.9 Å². The highest BCUT2D eigenvalue weighted by atomic mass is 19.3. The van der Waals surface area contributed by atoms with E-state index in [0.717, 1.165) is 4.57 Å². The summed E-state index contributed by atoms with van der Waals surface area (Å²) in [7, 11) is 2.90. The molecule has 2 aromatic heterocycles. The fourth-order valence-corrected chi connectivity index (χ4v) is 4.69. The normalized spacial score (nSPS) is 18.8. The van der Waals surface area contributed by atoms with E-state index in [0.29, 0.717) is 36.5 Å². The third kappa shape index (κ3) is 4.44. The maximum Gasteiger partial charge on any atom is 0.271 e. The van der Waals surface area contributed by atoms with Gasteiger partial charge < -0.3 is 19.0 Å². The molecule has 10 heteroatoms. The molecular weight excluding hydrogens is 459 g/mol. The van der Waals surface area contributed by atoms with Gasteiger partial charge in [-0.05, 0) is 32.0 Å². The SMILES string of the molecule is [C-]#[N+]c1ccc2c(n1)c(N1C[C@@H](C)N(Cc3ccc(OC)cc3F)C[C@@H]1C)c(C(F)F)c(=O)n2C. The lowest BCUT2D eigenvalue weighted by Gasteiger charge is -2.45. The number of rotatable bonds is 5. The van der Waals surface area contributed by atoms with Crippen molar-refractivity contribution in [1.82, 2.24) is 14.5 Å². The Morgan fingerprint density at radius 3 is 2.57 bits per heavy atom. The molecule has 35 heavy (non-hydrogen) atoms. The number of piperazine rings is 1. The second-order valence-electron chi connectivity index (χ2n) is 8.81. The first-order valence-corrected chi connectivity index (χ1v) is 11.2. The van der Waals surface area contributed by atoms with E-state index in [-0.39, 0.29) is 34.9 Å². The third-order valence-corrected chi connectivity index (χ3v) is 6.60. The minimum absolute atomic E-state index is 0.0620. The van der Waals surface area contributed by atoms with Crippen LogP contribution in [0.1, 0.15) is 31.4 Å². The predicted molar refractivity (Wildman–Crippen MR) is 128 cm³/mol. The Labute approximate surface area is 201 Å². The van der Waals surface area contributed by atoms with Gasteiger partial charge in [0.1, 0.15) is 22.8 Å². The number of fused-ring (bicyclic) bond motifs is 1. The van der Waals surface area contributed by atoms with Crippen molar-refractivity contribution >= 4 is 22.5 Å². The van der Waals surface area contributed by atoms with Crippen molar-refractivity contribution < 1.29 is 17.9 Å². The molecule has 0 saturated carbocycles. The van der Waals surface area contributed by atoms with E-state index in [4.69, 9.17) is 11.3 Å². The van der Waals surface area contributed by atoms with Crippen molar-refractivity contribution in [2.24, 2.45) is 7.05 Å². The van der Waals surface area contributed by atoms with Gasteiger partial charge in [-0.25, -0.2) is 13.2 Å². The number of hydrogen-bond acceptors (Lipinski definition) is 5. The number of aryl methyl sites for hydroxylation is 1. The standard InChI is InChI=1S/C25H26F3N5O2/c1-14-12-33(15(2)11-32(14)13-16-6-7-17(35-5)10-18(16)26)23-21(24(27)28)25(34)31(4)19-8-9-20(29-3)30-22(19)23/h6-10,14-15,24H,11-13H2,1-2,4-5H3/t14-,15+/m1/s1. The molecule has 1 fully saturated rings. The van der Waals surface area contributed by atoms with E-state index >= 15 is 0 Å². The van der Waals surface area contributed by atoms with E-state index < -0.39 is 17.5 Å². The summed E-state index contributed by atoms with van der Waals surface area (Å²) >= 11 is 0. The number of aromatic nitrogens is 2. The van der Waals surface area contributed by atoms with E-state index in [9.17, 15) is 18.0 Å². The highest BCUT2D eigenvalue weighted by Crippen LogP contribution is 2.37. The van der Waals surface area contributed by atoms with Crippen molar-refractivity contribution in [2.45, 2.75) is 38.9 Å². The summed E-state index contributed by atoms with van der Waals surface area (Å²) in [6.45, 7) is 12.2. The first kappa shape index (κ1) is 24.5. The minimum atomic E-state index is -3.01. The maximum atomic E-state index is 14.6. The number of methoxy groups -OCH3 is 1. The molecule has 0 bridgehead atoms. The quantitative estimate of drug-likeness (QED) is 0.492. The highest BCUT2D eigenvalue weighted by molar-refractivity contribution is 5.92. The average Bonchev–Trinajstić information content (AvgIpc) is 2.83. The van der Waals surface area contributed by atoms with E-state index in [2.05, 4.69) is 14.7 Å². The molecular formula is C25H26F3N5O2. The van der Waals surface area contributed by atoms with Crippen LogP contribution in [0.2, 0.25) is 0 Å². The van der Waals surface area contributed by atoms with Gasteiger partial charge in [0, 0.05) is 50.4 Å². The van der Waals surface area contributed by atoms with Crippen molar-refractivity contribution in [3.05, 3.63) is 69.0 Å². The Morgan fingerprint density at radius 1 is 1.20 bits per heavy atom. The fourth-order valence-electron chi connectivity index (χ4n) is 4.69. The number of halogens is 3. The Bertz CT molecular complexity index is 1370. The lowest BCUT2D eigenvalue weighted by Crippen LogP contribution is -2.56. The molecule has 1 saturated heterocycles. The zero-order valence-electron chi connectivity index (χ0n) is 19.9. The van der Waals surface area contributed by atoms with Gasteiger partial charge in [0.25, 0.3) is 17.8 Å². The van der Waals surface area contributed by atoms with Crippen LogP contribution in [0.5, 0.6) is 5.75 Å². The monoisotopic (exact) mass is 485 g/mol. The number of benzene rings is 1. The predicted octanol–water partition coefficient (Wildman–Crippen LogP) is 4.67. The second-order valence-corrected chi connectivity index (χ2v) is 8.81. The molecule has 1 aliphatic rings. The third-order valence-electron chi connectivity index (χ3n) is 6.60. The summed E-state index contributed by atoms with van der Waals surface area (Å²) in [5.41, 5.74) is -0.257. The van der Waals surface area contributed by atoms with E-state index in [1.54, 1.807) is 23.1 Å². The molecule has 0 aliphatic carbocycles. The minimum Gasteiger partial charge on any atom is -0.497 e. The zero-order valence-corrected chi connectivity index (χ0v) is 19.9. The van der Waals surface area contributed by atoms with Crippen molar-refractivity contribution in [3.8, 4) is 5.75 Å². The molecule has 4 rings (SSSR count). The molecule has 0 radical (unpaired) electrons. The molecule has 3 heterocycles. The molecule has 1 aliphatic heterocycles. The first-order chi connectivity index (χ1) is 16.7. The fraction of sp³-hybridized carbons (Fsp3) is 0.400. The van der Waals surface area contributed by atoms with Gasteiger partial charge in [-0.2, -0.15) is 0 Å². The molecule has 3 aromatic rings. The molecule has 1 aromatic carbocycles. The topological polar surface area (TPSA) is 55.0 Å². The average molecular weight is 486 g/mol. The number of ether oxygens (including phenoxy) is 1. The first-order valence-electron chi connectivity index (χ1n) is 11.2. The van der Waals surface area contributed by atoms with Gasteiger partial charge in [-0.3, -0.25) is 9.69 Å². The molecule has 0 amide bonds. The maximum absolute atomic E-state index is 14.6. The van der Waals surface area contributed by atoms with Crippen LogP contribution in [0.4, 0.5) is 24.7 Å². The number of alkyl halides is 2. The Hall–Kier alpha value is -3.58. The van der Waals surface area contributed by atoms with Gasteiger partial charge >= 0.3 is 0 Å². The van der Waals surface area contributed by atoms with Crippen LogP contribution >= 0.6 is 0 Å². The van der Waals surface area contributed by atoms with Crippen molar-refractivity contribution in [1.29, 1.82) is 0 Å². The summed E-state index contributed by atoms with van der Waals surface area (Å²) in [5.74, 6) is 0.118. The Balaban J connectivity index is 1.75. The van der Waals surface area contributed by atoms with Crippen LogP contribution < -0.4 is 15.2 Å². The van der Waals surface area contributed by atoms with E-state index in [1.165, 1.54) is 26.3 Å². The van der Waals surface area contributed by atoms with Gasteiger partial charge in [0.15, 0.2) is 0 Å². The summed E-state index contributed by atoms with van der Waals surface area (Å²) in [5, 5.41) is 0. The number of hydrogen-bond donors (Lipinski definition) is 0. The molecule has 2 atom stereocenters. The number of anilines is 1. The van der Waals surface area contributed by atoms with E-state index in [1.807, 2.05) is 13.8 Å². The number of pyridine rings is 2.